The van der Waals surface area contributed by atoms with Gasteiger partial charge in [0, 0.05) is 39.3 Å². The van der Waals surface area contributed by atoms with E-state index in [9.17, 15) is 9.59 Å². The van der Waals surface area contributed by atoms with Gasteiger partial charge in [0.2, 0.25) is 0 Å². The number of esters is 1. The summed E-state index contributed by atoms with van der Waals surface area (Å²) in [5, 5.41) is 0. The first-order valence-electron chi connectivity index (χ1n) is 7.31. The molecule has 2 unspecified atom stereocenters. The van der Waals surface area contributed by atoms with Crippen molar-refractivity contribution in [1.82, 2.24) is 9.80 Å². The Bertz CT molecular complexity index is 353. The molecule has 0 aromatic heterocycles. The van der Waals surface area contributed by atoms with E-state index in [2.05, 4.69) is 16.6 Å². The molecular weight excluding hydrogens is 260 g/mol. The molecular formula is C14H24N2O4. The number of hydrogen-bond acceptors (Lipinski definition) is 5. The highest BCUT2D eigenvalue weighted by molar-refractivity contribution is 5.81. The Morgan fingerprint density at radius 3 is 2.50 bits per heavy atom. The van der Waals surface area contributed by atoms with Crippen molar-refractivity contribution >= 4 is 11.9 Å². The highest BCUT2D eigenvalue weighted by atomic mass is 16.5. The zero-order chi connectivity index (χ0) is 14.5. The molecule has 2 aliphatic heterocycles. The Labute approximate surface area is 120 Å². The second-order valence-corrected chi connectivity index (χ2v) is 5.55. The van der Waals surface area contributed by atoms with Gasteiger partial charge in [-0.3, -0.25) is 14.5 Å². The zero-order valence-corrected chi connectivity index (χ0v) is 12.3. The van der Waals surface area contributed by atoms with Crippen LogP contribution >= 0.6 is 0 Å². The van der Waals surface area contributed by atoms with Gasteiger partial charge in [0.15, 0.2) is 0 Å². The standard InChI is InChI=1S/C14H24N2O4/c1-11-4-10-20-13(11)14(18)16-8-6-15(7-9-16)5-3-12(17)19-2/h11,13H,3-10H2,1-2H3. The van der Waals surface area contributed by atoms with Gasteiger partial charge in [-0.05, 0) is 12.3 Å². The molecule has 2 fully saturated rings. The first-order valence-corrected chi connectivity index (χ1v) is 7.31. The van der Waals surface area contributed by atoms with Crippen LogP contribution in [0.4, 0.5) is 0 Å². The zero-order valence-electron chi connectivity index (χ0n) is 12.3. The molecule has 0 aromatic rings. The largest absolute Gasteiger partial charge is 0.469 e. The van der Waals surface area contributed by atoms with E-state index in [-0.39, 0.29) is 18.0 Å². The fraction of sp³-hybridized carbons (Fsp3) is 0.857. The van der Waals surface area contributed by atoms with Crippen molar-refractivity contribution in [3.8, 4) is 0 Å². The minimum atomic E-state index is -0.253. The van der Waals surface area contributed by atoms with Crippen LogP contribution in [0.1, 0.15) is 19.8 Å². The molecule has 6 heteroatoms. The Morgan fingerprint density at radius 1 is 1.25 bits per heavy atom. The van der Waals surface area contributed by atoms with Crippen LogP contribution in [0.3, 0.4) is 0 Å². The SMILES string of the molecule is COC(=O)CCN1CCN(C(=O)C2OCCC2C)CC1. The molecule has 2 aliphatic rings. The number of hydrogen-bond donors (Lipinski definition) is 0. The summed E-state index contributed by atoms with van der Waals surface area (Å²) >= 11 is 0. The third-order valence-electron chi connectivity index (χ3n) is 4.17. The van der Waals surface area contributed by atoms with Crippen molar-refractivity contribution in [1.29, 1.82) is 0 Å². The molecule has 0 saturated carbocycles. The summed E-state index contributed by atoms with van der Waals surface area (Å²) in [5.74, 6) is 0.263. The average molecular weight is 284 g/mol. The number of ether oxygens (including phenoxy) is 2. The maximum atomic E-state index is 12.3. The normalized spacial score (nSPS) is 27.6. The van der Waals surface area contributed by atoms with Gasteiger partial charge in [0.1, 0.15) is 6.10 Å². The first kappa shape index (κ1) is 15.3. The maximum absolute atomic E-state index is 12.3. The second kappa shape index (κ2) is 7.04. The smallest absolute Gasteiger partial charge is 0.306 e. The quantitative estimate of drug-likeness (QED) is 0.686. The third kappa shape index (κ3) is 3.70. The maximum Gasteiger partial charge on any atom is 0.306 e. The Morgan fingerprint density at radius 2 is 1.95 bits per heavy atom. The van der Waals surface area contributed by atoms with Gasteiger partial charge in [-0.2, -0.15) is 0 Å². The molecule has 1 amide bonds. The summed E-state index contributed by atoms with van der Waals surface area (Å²) in [6.07, 6.45) is 1.12. The van der Waals surface area contributed by atoms with Gasteiger partial charge in [-0.25, -0.2) is 0 Å². The van der Waals surface area contributed by atoms with Gasteiger partial charge >= 0.3 is 5.97 Å². The van der Waals surface area contributed by atoms with E-state index in [0.717, 1.165) is 19.5 Å². The lowest BCUT2D eigenvalue weighted by molar-refractivity contribution is -0.145. The lowest BCUT2D eigenvalue weighted by atomic mass is 10.0. The highest BCUT2D eigenvalue weighted by Gasteiger charge is 2.35. The van der Waals surface area contributed by atoms with Crippen LogP contribution in [0.5, 0.6) is 0 Å². The Kier molecular flexibility index (Phi) is 5.37. The third-order valence-corrected chi connectivity index (χ3v) is 4.17. The van der Waals surface area contributed by atoms with E-state index >= 15 is 0 Å². The van der Waals surface area contributed by atoms with Crippen LogP contribution in [0.2, 0.25) is 0 Å². The molecule has 2 rings (SSSR count). The van der Waals surface area contributed by atoms with Crippen molar-refractivity contribution in [3.63, 3.8) is 0 Å². The van der Waals surface area contributed by atoms with Crippen LogP contribution in [0.25, 0.3) is 0 Å². The predicted octanol–water partition coefficient (Wildman–Crippen LogP) is 0.119. The molecule has 0 spiro atoms. The van der Waals surface area contributed by atoms with Crippen molar-refractivity contribution in [2.24, 2.45) is 5.92 Å². The molecule has 6 nitrogen and oxygen atoms in total. The number of carbonyl (C=O) groups is 2. The van der Waals surface area contributed by atoms with E-state index in [0.29, 0.717) is 38.6 Å². The molecule has 0 aromatic carbocycles. The topological polar surface area (TPSA) is 59.1 Å². The molecule has 0 N–H and O–H groups in total. The number of methoxy groups -OCH3 is 1. The minimum absolute atomic E-state index is 0.127. The fourth-order valence-electron chi connectivity index (χ4n) is 2.73. The van der Waals surface area contributed by atoms with Crippen molar-refractivity contribution < 1.29 is 19.1 Å². The Balaban J connectivity index is 1.73. The van der Waals surface area contributed by atoms with E-state index in [1.54, 1.807) is 0 Å². The van der Waals surface area contributed by atoms with Crippen LogP contribution in [0, 0.1) is 5.92 Å². The number of rotatable bonds is 4. The second-order valence-electron chi connectivity index (χ2n) is 5.55. The summed E-state index contributed by atoms with van der Waals surface area (Å²) < 4.78 is 10.2. The van der Waals surface area contributed by atoms with Gasteiger partial charge in [-0.1, -0.05) is 6.92 Å². The lowest BCUT2D eigenvalue weighted by Crippen LogP contribution is -2.52. The number of nitrogens with zero attached hydrogens (tertiary/aromatic N) is 2. The predicted molar refractivity (Wildman–Crippen MR) is 73.2 cm³/mol. The molecule has 20 heavy (non-hydrogen) atoms. The first-order chi connectivity index (χ1) is 9.61. The van der Waals surface area contributed by atoms with Crippen LogP contribution in [-0.2, 0) is 19.1 Å². The molecule has 114 valence electrons. The summed E-state index contributed by atoms with van der Waals surface area (Å²) in [7, 11) is 1.40. The van der Waals surface area contributed by atoms with E-state index in [1.807, 2.05) is 4.90 Å². The molecule has 2 heterocycles. The number of piperazine rings is 1. The molecule has 2 saturated heterocycles. The van der Waals surface area contributed by atoms with Crippen molar-refractivity contribution in [2.75, 3.05) is 46.4 Å². The van der Waals surface area contributed by atoms with E-state index < -0.39 is 0 Å². The molecule has 0 aliphatic carbocycles. The average Bonchev–Trinajstić information content (AvgIpc) is 2.90. The summed E-state index contributed by atoms with van der Waals surface area (Å²) in [4.78, 5) is 27.5. The van der Waals surface area contributed by atoms with Crippen molar-refractivity contribution in [2.45, 2.75) is 25.9 Å². The number of amides is 1. The molecule has 0 radical (unpaired) electrons. The summed E-state index contributed by atoms with van der Waals surface area (Å²) in [6.45, 7) is 6.51. The van der Waals surface area contributed by atoms with E-state index in [4.69, 9.17) is 4.74 Å². The summed E-state index contributed by atoms with van der Waals surface area (Å²) in [6, 6.07) is 0. The van der Waals surface area contributed by atoms with Gasteiger partial charge in [0.05, 0.1) is 13.5 Å². The van der Waals surface area contributed by atoms with Gasteiger partial charge < -0.3 is 14.4 Å². The Hall–Kier alpha value is -1.14. The number of carbonyl (C=O) groups excluding carboxylic acids is 2. The minimum Gasteiger partial charge on any atom is -0.469 e. The van der Waals surface area contributed by atoms with E-state index in [1.165, 1.54) is 7.11 Å². The van der Waals surface area contributed by atoms with Crippen LogP contribution in [-0.4, -0.2) is 74.2 Å². The summed E-state index contributed by atoms with van der Waals surface area (Å²) in [5.41, 5.74) is 0. The van der Waals surface area contributed by atoms with Gasteiger partial charge in [0.25, 0.3) is 5.91 Å². The molecule has 0 bridgehead atoms. The van der Waals surface area contributed by atoms with Crippen LogP contribution in [0.15, 0.2) is 0 Å². The highest BCUT2D eigenvalue weighted by Crippen LogP contribution is 2.22. The van der Waals surface area contributed by atoms with Crippen molar-refractivity contribution in [3.05, 3.63) is 0 Å². The fourth-order valence-corrected chi connectivity index (χ4v) is 2.73. The monoisotopic (exact) mass is 284 g/mol. The van der Waals surface area contributed by atoms with Crippen LogP contribution < -0.4 is 0 Å². The molecule has 2 atom stereocenters. The lowest BCUT2D eigenvalue weighted by Gasteiger charge is -2.36. The van der Waals surface area contributed by atoms with Gasteiger partial charge in [-0.15, -0.1) is 0 Å².